The molecule has 27 heavy (non-hydrogen) atoms. The molecule has 1 N–H and O–H groups in total. The van der Waals surface area contributed by atoms with E-state index in [4.69, 9.17) is 0 Å². The van der Waals surface area contributed by atoms with Gasteiger partial charge in [-0.1, -0.05) is 78.9 Å². The van der Waals surface area contributed by atoms with E-state index in [1.165, 1.54) is 38.4 Å². The molecule has 0 saturated carbocycles. The number of benzene rings is 4. The Morgan fingerprint density at radius 3 is 2.19 bits per heavy atom. The summed E-state index contributed by atoms with van der Waals surface area (Å²) in [6.45, 7) is 0. The van der Waals surface area contributed by atoms with E-state index < -0.39 is 0 Å². The molecule has 130 valence electrons. The maximum absolute atomic E-state index is 3.93. The van der Waals surface area contributed by atoms with Crippen LogP contribution in [-0.4, -0.2) is 0 Å². The summed E-state index contributed by atoms with van der Waals surface area (Å²) in [7, 11) is 0. The fraction of sp³-hybridized carbons (Fsp3) is 0.154. The van der Waals surface area contributed by atoms with Gasteiger partial charge in [0.2, 0.25) is 0 Å². The molecule has 0 fully saturated rings. The topological polar surface area (TPSA) is 12.0 Å². The molecule has 0 bridgehead atoms. The minimum atomic E-state index is 0.316. The van der Waals surface area contributed by atoms with Gasteiger partial charge in [0.15, 0.2) is 0 Å². The summed E-state index contributed by atoms with van der Waals surface area (Å²) in [6, 6.07) is 29.2. The van der Waals surface area contributed by atoms with Gasteiger partial charge in [-0.05, 0) is 57.1 Å². The van der Waals surface area contributed by atoms with Crippen molar-refractivity contribution in [3.05, 3.63) is 102 Å². The quantitative estimate of drug-likeness (QED) is 0.294. The monoisotopic (exact) mass is 347 g/mol. The molecule has 0 spiro atoms. The van der Waals surface area contributed by atoms with Crippen LogP contribution < -0.4 is 5.32 Å². The highest BCUT2D eigenvalue weighted by Gasteiger charge is 2.38. The molecule has 4 aromatic carbocycles. The van der Waals surface area contributed by atoms with Crippen LogP contribution in [0.1, 0.15) is 29.5 Å². The van der Waals surface area contributed by atoms with Gasteiger partial charge in [-0.25, -0.2) is 0 Å². The average molecular weight is 347 g/mol. The molecule has 1 heteroatoms. The first kappa shape index (κ1) is 15.0. The first-order valence-corrected chi connectivity index (χ1v) is 9.83. The molecule has 6 rings (SSSR count). The molecular weight excluding hydrogens is 326 g/mol. The minimum absolute atomic E-state index is 0.316. The Morgan fingerprint density at radius 1 is 0.741 bits per heavy atom. The third-order valence-electron chi connectivity index (χ3n) is 6.40. The Hall–Kier alpha value is -3.06. The molecule has 3 unspecified atom stereocenters. The van der Waals surface area contributed by atoms with Crippen molar-refractivity contribution in [3.8, 4) is 0 Å². The number of rotatable bonds is 1. The number of nitrogens with one attached hydrogen (secondary N) is 1. The third-order valence-corrected chi connectivity index (χ3v) is 6.40. The average Bonchev–Trinajstić information content (AvgIpc) is 3.22. The van der Waals surface area contributed by atoms with Crippen LogP contribution in [0, 0.1) is 5.92 Å². The summed E-state index contributed by atoms with van der Waals surface area (Å²) in [4.78, 5) is 0. The minimum Gasteiger partial charge on any atom is -0.378 e. The predicted octanol–water partition coefficient (Wildman–Crippen LogP) is 6.82. The van der Waals surface area contributed by atoms with Crippen molar-refractivity contribution >= 4 is 27.2 Å². The lowest BCUT2D eigenvalue weighted by molar-refractivity contribution is 0.429. The van der Waals surface area contributed by atoms with E-state index in [1.54, 1.807) is 0 Å². The molecule has 4 aromatic rings. The van der Waals surface area contributed by atoms with Gasteiger partial charge in [0.05, 0.1) is 6.04 Å². The van der Waals surface area contributed by atoms with Crippen LogP contribution in [0.5, 0.6) is 0 Å². The Bertz CT molecular complexity index is 1150. The summed E-state index contributed by atoms with van der Waals surface area (Å²) >= 11 is 0. The summed E-state index contributed by atoms with van der Waals surface area (Å²) in [6.07, 6.45) is 5.93. The van der Waals surface area contributed by atoms with Crippen LogP contribution >= 0.6 is 0 Å². The van der Waals surface area contributed by atoms with Crippen molar-refractivity contribution in [2.24, 2.45) is 5.92 Å². The van der Waals surface area contributed by atoms with Gasteiger partial charge in [0, 0.05) is 11.6 Å². The Morgan fingerprint density at radius 2 is 1.41 bits per heavy atom. The van der Waals surface area contributed by atoms with Crippen LogP contribution in [-0.2, 0) is 0 Å². The largest absolute Gasteiger partial charge is 0.378 e. The fourth-order valence-electron chi connectivity index (χ4n) is 5.21. The van der Waals surface area contributed by atoms with Crippen LogP contribution in [0.2, 0.25) is 0 Å². The molecule has 0 saturated heterocycles. The van der Waals surface area contributed by atoms with Gasteiger partial charge in [0.25, 0.3) is 0 Å². The number of hydrogen-bond acceptors (Lipinski definition) is 1. The van der Waals surface area contributed by atoms with Crippen LogP contribution in [0.25, 0.3) is 21.5 Å². The Balaban J connectivity index is 1.65. The van der Waals surface area contributed by atoms with Crippen LogP contribution in [0.15, 0.2) is 91.0 Å². The standard InChI is InChI=1S/C26H21N/c1-3-10-19-17(8-1)16-18-9-2-4-11-20(18)25(19)26-23-14-7-13-21(23)22-12-5-6-15-24(22)27-26/h1-13,15-16,21,23,26-27H,14H2. The number of fused-ring (bicyclic) bond motifs is 5. The predicted molar refractivity (Wildman–Crippen MR) is 114 cm³/mol. The van der Waals surface area contributed by atoms with E-state index >= 15 is 0 Å². The van der Waals surface area contributed by atoms with E-state index in [9.17, 15) is 0 Å². The van der Waals surface area contributed by atoms with Crippen molar-refractivity contribution in [3.63, 3.8) is 0 Å². The van der Waals surface area contributed by atoms with E-state index in [0.29, 0.717) is 17.9 Å². The van der Waals surface area contributed by atoms with Gasteiger partial charge in [-0.15, -0.1) is 0 Å². The zero-order valence-electron chi connectivity index (χ0n) is 15.1. The first-order chi connectivity index (χ1) is 13.4. The fourth-order valence-corrected chi connectivity index (χ4v) is 5.21. The summed E-state index contributed by atoms with van der Waals surface area (Å²) in [5, 5.41) is 9.33. The van der Waals surface area contributed by atoms with Crippen LogP contribution in [0.4, 0.5) is 5.69 Å². The number of anilines is 1. The zero-order valence-corrected chi connectivity index (χ0v) is 15.1. The molecule has 1 aliphatic carbocycles. The van der Waals surface area contributed by atoms with E-state index in [-0.39, 0.29) is 0 Å². The van der Waals surface area contributed by atoms with Gasteiger partial charge in [-0.3, -0.25) is 0 Å². The maximum atomic E-state index is 3.93. The lowest BCUT2D eigenvalue weighted by Crippen LogP contribution is -2.29. The smallest absolute Gasteiger partial charge is 0.0566 e. The number of hydrogen-bond donors (Lipinski definition) is 1. The zero-order chi connectivity index (χ0) is 17.8. The van der Waals surface area contributed by atoms with Crippen molar-refractivity contribution < 1.29 is 0 Å². The summed E-state index contributed by atoms with van der Waals surface area (Å²) < 4.78 is 0. The Labute approximate surface area is 159 Å². The molecule has 0 amide bonds. The SMILES string of the molecule is C1=CC2c3ccccc3NC(c3c4ccccc4cc4ccccc34)C2C1. The van der Waals surface area contributed by atoms with Crippen molar-refractivity contribution in [1.29, 1.82) is 0 Å². The van der Waals surface area contributed by atoms with Gasteiger partial charge >= 0.3 is 0 Å². The van der Waals surface area contributed by atoms with Gasteiger partial charge < -0.3 is 5.32 Å². The van der Waals surface area contributed by atoms with Crippen molar-refractivity contribution in [2.75, 3.05) is 5.32 Å². The second-order valence-electron chi connectivity index (χ2n) is 7.80. The summed E-state index contributed by atoms with van der Waals surface area (Å²) in [5.41, 5.74) is 4.18. The van der Waals surface area contributed by atoms with E-state index in [0.717, 1.165) is 6.42 Å². The highest BCUT2D eigenvalue weighted by atomic mass is 15.0. The highest BCUT2D eigenvalue weighted by Crippen LogP contribution is 2.51. The number of para-hydroxylation sites is 1. The van der Waals surface area contributed by atoms with Crippen molar-refractivity contribution in [2.45, 2.75) is 18.4 Å². The Kier molecular flexibility index (Phi) is 3.19. The molecule has 1 aliphatic heterocycles. The maximum Gasteiger partial charge on any atom is 0.0566 e. The highest BCUT2D eigenvalue weighted by molar-refractivity contribution is 6.03. The second kappa shape index (κ2) is 5.72. The summed E-state index contributed by atoms with van der Waals surface area (Å²) in [5.74, 6) is 1.07. The molecule has 2 aliphatic rings. The number of allylic oxidation sites excluding steroid dienone is 2. The van der Waals surface area contributed by atoms with Crippen LogP contribution in [0.3, 0.4) is 0 Å². The molecular formula is C26H21N. The molecule has 3 atom stereocenters. The van der Waals surface area contributed by atoms with E-state index in [1.807, 2.05) is 0 Å². The molecule has 1 heterocycles. The lowest BCUT2D eigenvalue weighted by Gasteiger charge is -2.38. The molecule has 0 radical (unpaired) electrons. The second-order valence-corrected chi connectivity index (χ2v) is 7.80. The van der Waals surface area contributed by atoms with Gasteiger partial charge in [-0.2, -0.15) is 0 Å². The van der Waals surface area contributed by atoms with Gasteiger partial charge in [0.1, 0.15) is 0 Å². The first-order valence-electron chi connectivity index (χ1n) is 9.83. The van der Waals surface area contributed by atoms with Crippen molar-refractivity contribution in [1.82, 2.24) is 0 Å². The normalized spacial score (nSPS) is 23.2. The molecule has 0 aromatic heterocycles. The molecule has 1 nitrogen and oxygen atoms in total. The third kappa shape index (κ3) is 2.18. The lowest BCUT2D eigenvalue weighted by atomic mass is 9.75. The van der Waals surface area contributed by atoms with E-state index in [2.05, 4.69) is 96.3 Å².